The normalized spacial score (nSPS) is 14.5. The van der Waals surface area contributed by atoms with Crippen molar-refractivity contribution >= 4 is 21.9 Å². The molecule has 1 saturated heterocycles. The molecule has 0 spiro atoms. The Balaban J connectivity index is 1.45. The highest BCUT2D eigenvalue weighted by atomic mass is 32.2. The van der Waals surface area contributed by atoms with Crippen molar-refractivity contribution in [1.82, 2.24) is 14.1 Å². The second kappa shape index (κ2) is 9.85. The highest BCUT2D eigenvalue weighted by Gasteiger charge is 2.26. The first-order valence-electron chi connectivity index (χ1n) is 11.5. The number of aromatic nitrogens is 2. The zero-order chi connectivity index (χ0) is 24.3. The first-order valence-corrected chi connectivity index (χ1v) is 12.9. The predicted molar refractivity (Wildman–Crippen MR) is 137 cm³/mol. The minimum absolute atomic E-state index is 0.300. The molecule has 0 N–H and O–H groups in total. The molecule has 7 nitrogen and oxygen atoms in total. The van der Waals surface area contributed by atoms with Crippen LogP contribution in [0.3, 0.4) is 0 Å². The van der Waals surface area contributed by atoms with Gasteiger partial charge in [0.25, 0.3) is 0 Å². The van der Waals surface area contributed by atoms with E-state index in [1.807, 2.05) is 65.5 Å². The van der Waals surface area contributed by atoms with E-state index in [2.05, 4.69) is 4.99 Å². The van der Waals surface area contributed by atoms with E-state index >= 15 is 0 Å². The molecule has 0 unspecified atom stereocenters. The maximum absolute atomic E-state index is 12.8. The number of rotatable bonds is 7. The van der Waals surface area contributed by atoms with Gasteiger partial charge in [-0.1, -0.05) is 18.2 Å². The van der Waals surface area contributed by atoms with Gasteiger partial charge in [-0.2, -0.15) is 9.40 Å². The Morgan fingerprint density at radius 1 is 0.914 bits per heavy atom. The molecular weight excluding hydrogens is 460 g/mol. The lowest BCUT2D eigenvalue weighted by atomic mass is 10.1. The van der Waals surface area contributed by atoms with Gasteiger partial charge < -0.3 is 4.74 Å². The molecule has 35 heavy (non-hydrogen) atoms. The van der Waals surface area contributed by atoms with Crippen LogP contribution in [0.25, 0.3) is 16.9 Å². The van der Waals surface area contributed by atoms with Gasteiger partial charge in [0.05, 0.1) is 23.4 Å². The summed E-state index contributed by atoms with van der Waals surface area (Å²) in [7, 11) is -1.80. The van der Waals surface area contributed by atoms with Crippen LogP contribution in [-0.2, 0) is 10.0 Å². The third-order valence-corrected chi connectivity index (χ3v) is 7.93. The average Bonchev–Trinajstić information content (AvgIpc) is 3.60. The zero-order valence-electron chi connectivity index (χ0n) is 19.4. The van der Waals surface area contributed by atoms with Crippen molar-refractivity contribution < 1.29 is 13.2 Å². The third kappa shape index (κ3) is 4.89. The van der Waals surface area contributed by atoms with Crippen molar-refractivity contribution in [3.8, 4) is 22.7 Å². The molecule has 3 aromatic carbocycles. The summed E-state index contributed by atoms with van der Waals surface area (Å²) < 4.78 is 34.2. The zero-order valence-corrected chi connectivity index (χ0v) is 20.2. The van der Waals surface area contributed by atoms with Crippen molar-refractivity contribution in [2.45, 2.75) is 17.7 Å². The van der Waals surface area contributed by atoms with E-state index in [9.17, 15) is 8.42 Å². The summed E-state index contributed by atoms with van der Waals surface area (Å²) in [6.45, 7) is 1.17. The summed E-state index contributed by atoms with van der Waals surface area (Å²) in [6.07, 6.45) is 5.52. The number of ether oxygens (including phenoxy) is 1. The summed E-state index contributed by atoms with van der Waals surface area (Å²) >= 11 is 0. The number of sulfonamides is 1. The Morgan fingerprint density at radius 2 is 1.60 bits per heavy atom. The summed E-state index contributed by atoms with van der Waals surface area (Å²) in [5.41, 5.74) is 4.17. The smallest absolute Gasteiger partial charge is 0.243 e. The fourth-order valence-electron chi connectivity index (χ4n) is 4.09. The molecule has 1 fully saturated rings. The molecule has 8 heteroatoms. The van der Waals surface area contributed by atoms with Crippen LogP contribution in [0.2, 0.25) is 0 Å². The molecule has 0 bridgehead atoms. The van der Waals surface area contributed by atoms with Gasteiger partial charge in [0.1, 0.15) is 11.4 Å². The van der Waals surface area contributed by atoms with Crippen LogP contribution in [0.4, 0.5) is 5.69 Å². The molecular formula is C27H26N4O3S. The Morgan fingerprint density at radius 3 is 2.26 bits per heavy atom. The molecule has 1 aromatic heterocycles. The highest BCUT2D eigenvalue weighted by molar-refractivity contribution is 7.89. The van der Waals surface area contributed by atoms with Crippen LogP contribution in [0, 0.1) is 0 Å². The van der Waals surface area contributed by atoms with E-state index in [-0.39, 0.29) is 0 Å². The molecule has 5 rings (SSSR count). The Labute approximate surface area is 205 Å². The fourth-order valence-corrected chi connectivity index (χ4v) is 5.61. The Hall–Kier alpha value is -3.75. The van der Waals surface area contributed by atoms with Gasteiger partial charge in [-0.25, -0.2) is 13.1 Å². The monoisotopic (exact) mass is 486 g/mol. The number of benzene rings is 3. The molecule has 178 valence electrons. The van der Waals surface area contributed by atoms with E-state index in [0.717, 1.165) is 41.1 Å². The van der Waals surface area contributed by atoms with Crippen LogP contribution in [0.1, 0.15) is 18.4 Å². The van der Waals surface area contributed by atoms with Crippen LogP contribution in [-0.4, -0.2) is 48.9 Å². The average molecular weight is 487 g/mol. The first kappa shape index (κ1) is 23.0. The largest absolute Gasteiger partial charge is 0.497 e. The Kier molecular flexibility index (Phi) is 6.48. The maximum Gasteiger partial charge on any atom is 0.243 e. The number of nitrogens with zero attached hydrogens (tertiary/aromatic N) is 4. The molecule has 0 saturated carbocycles. The van der Waals surface area contributed by atoms with Crippen LogP contribution in [0.15, 0.2) is 94.9 Å². The van der Waals surface area contributed by atoms with Gasteiger partial charge in [-0.15, -0.1) is 0 Å². The number of aliphatic imine (C=N–C) groups is 1. The maximum atomic E-state index is 12.8. The summed E-state index contributed by atoms with van der Waals surface area (Å²) in [5, 5.41) is 4.81. The van der Waals surface area contributed by atoms with Gasteiger partial charge in [0, 0.05) is 36.6 Å². The lowest BCUT2D eigenvalue weighted by Gasteiger charge is -2.15. The van der Waals surface area contributed by atoms with Gasteiger partial charge in [-0.05, 0) is 73.5 Å². The quantitative estimate of drug-likeness (QED) is 0.341. The minimum atomic E-state index is -3.44. The van der Waals surface area contributed by atoms with Crippen molar-refractivity contribution in [1.29, 1.82) is 0 Å². The summed E-state index contributed by atoms with van der Waals surface area (Å²) in [5.74, 6) is 0.774. The SMILES string of the molecule is COc1ccc(-c2nn(-c3ccccc3)cc2C=Nc2ccc(S(=O)(=O)N3CCCC3)cc2)cc1. The number of methoxy groups -OCH3 is 1. The van der Waals surface area contributed by atoms with E-state index in [0.29, 0.717) is 23.7 Å². The van der Waals surface area contributed by atoms with E-state index in [1.165, 1.54) is 0 Å². The third-order valence-electron chi connectivity index (χ3n) is 6.02. The second-order valence-electron chi connectivity index (χ2n) is 8.30. The van der Waals surface area contributed by atoms with Crippen LogP contribution >= 0.6 is 0 Å². The molecule has 0 aliphatic carbocycles. The molecule has 4 aromatic rings. The highest BCUT2D eigenvalue weighted by Crippen LogP contribution is 2.26. The van der Waals surface area contributed by atoms with Crippen molar-refractivity contribution in [2.24, 2.45) is 4.99 Å². The van der Waals surface area contributed by atoms with Crippen molar-refractivity contribution in [3.05, 3.63) is 90.6 Å². The number of para-hydroxylation sites is 1. The number of hydrogen-bond donors (Lipinski definition) is 0. The van der Waals surface area contributed by atoms with Crippen LogP contribution < -0.4 is 4.74 Å². The van der Waals surface area contributed by atoms with Gasteiger partial charge in [0.2, 0.25) is 10.0 Å². The lowest BCUT2D eigenvalue weighted by Crippen LogP contribution is -2.27. The fraction of sp³-hybridized carbons (Fsp3) is 0.185. The Bertz CT molecular complexity index is 1420. The molecule has 0 radical (unpaired) electrons. The van der Waals surface area contributed by atoms with Crippen LogP contribution in [0.5, 0.6) is 5.75 Å². The van der Waals surface area contributed by atoms with Crippen molar-refractivity contribution in [3.63, 3.8) is 0 Å². The van der Waals surface area contributed by atoms with E-state index in [1.54, 1.807) is 41.9 Å². The summed E-state index contributed by atoms with van der Waals surface area (Å²) in [6, 6.07) is 24.3. The van der Waals surface area contributed by atoms with Crippen molar-refractivity contribution in [2.75, 3.05) is 20.2 Å². The van der Waals surface area contributed by atoms with Gasteiger partial charge in [-0.3, -0.25) is 4.99 Å². The van der Waals surface area contributed by atoms with Gasteiger partial charge >= 0.3 is 0 Å². The first-order chi connectivity index (χ1) is 17.0. The second-order valence-corrected chi connectivity index (χ2v) is 10.2. The topological polar surface area (TPSA) is 76.8 Å². The molecule has 2 heterocycles. The predicted octanol–water partition coefficient (Wildman–Crippen LogP) is 5.08. The number of hydrogen-bond acceptors (Lipinski definition) is 5. The van der Waals surface area contributed by atoms with Gasteiger partial charge in [0.15, 0.2) is 0 Å². The summed E-state index contributed by atoms with van der Waals surface area (Å²) in [4.78, 5) is 4.91. The van der Waals surface area contributed by atoms with E-state index < -0.39 is 10.0 Å². The van der Waals surface area contributed by atoms with E-state index in [4.69, 9.17) is 9.84 Å². The molecule has 1 aliphatic heterocycles. The minimum Gasteiger partial charge on any atom is -0.497 e. The lowest BCUT2D eigenvalue weighted by molar-refractivity contribution is 0.415. The standard InChI is InChI=1S/C27H26N4O3S/c1-34-25-13-9-21(10-14-25)27-22(20-31(29-27)24-7-3-2-4-8-24)19-28-23-11-15-26(16-12-23)35(32,33)30-17-5-6-18-30/h2-4,7-16,19-20H,5-6,17-18H2,1H3. The molecule has 0 amide bonds. The molecule has 1 aliphatic rings. The molecule has 0 atom stereocenters.